The third-order valence-corrected chi connectivity index (χ3v) is 6.22. The molecule has 33 heavy (non-hydrogen) atoms. The minimum Gasteiger partial charge on any atom is -0.497 e. The number of carbonyl (C=O) groups is 1. The number of aliphatic hydroxyl groups is 1. The van der Waals surface area contributed by atoms with Crippen molar-refractivity contribution < 1.29 is 14.6 Å². The second-order valence-corrected chi connectivity index (χ2v) is 8.67. The largest absolute Gasteiger partial charge is 0.497 e. The van der Waals surface area contributed by atoms with Crippen LogP contribution in [0.5, 0.6) is 5.75 Å². The van der Waals surface area contributed by atoms with Gasteiger partial charge < -0.3 is 29.9 Å². The summed E-state index contributed by atoms with van der Waals surface area (Å²) in [5.74, 6) is 1.17. The van der Waals surface area contributed by atoms with Crippen molar-refractivity contribution in [3.63, 3.8) is 0 Å². The number of hydrogen-bond donors (Lipinski definition) is 2. The first-order valence-corrected chi connectivity index (χ1v) is 11.1. The monoisotopic (exact) mass is 453 g/mol. The maximum absolute atomic E-state index is 13.2. The smallest absolute Gasteiger partial charge is 0.243 e. The van der Waals surface area contributed by atoms with Crippen LogP contribution in [-0.4, -0.2) is 69.9 Å². The van der Waals surface area contributed by atoms with E-state index < -0.39 is 18.2 Å². The fourth-order valence-corrected chi connectivity index (χ4v) is 4.57. The molecule has 2 heterocycles. The van der Waals surface area contributed by atoms with Crippen LogP contribution < -0.4 is 20.3 Å². The number of aliphatic hydroxyl groups excluding tert-OH is 1. The summed E-state index contributed by atoms with van der Waals surface area (Å²) in [6, 6.07) is 5.80. The van der Waals surface area contributed by atoms with E-state index in [9.17, 15) is 9.90 Å². The molecule has 4 atom stereocenters. The van der Waals surface area contributed by atoms with Gasteiger partial charge in [0.15, 0.2) is 17.0 Å². The Bertz CT molecular complexity index is 1110. The molecule has 1 fully saturated rings. The summed E-state index contributed by atoms with van der Waals surface area (Å²) in [5, 5.41) is 11.5. The number of nitrogens with two attached hydrogens (primary N) is 1. The van der Waals surface area contributed by atoms with Gasteiger partial charge in [0.2, 0.25) is 5.91 Å². The summed E-state index contributed by atoms with van der Waals surface area (Å²) in [6.45, 7) is 1.66. The second-order valence-electron chi connectivity index (χ2n) is 8.67. The average Bonchev–Trinajstić information content (AvgIpc) is 3.24. The van der Waals surface area contributed by atoms with E-state index in [1.807, 2.05) is 35.7 Å². The first-order chi connectivity index (χ1) is 15.8. The molecule has 0 spiro atoms. The van der Waals surface area contributed by atoms with Gasteiger partial charge in [0.1, 0.15) is 12.1 Å². The van der Waals surface area contributed by atoms with Crippen molar-refractivity contribution in [1.82, 2.24) is 19.5 Å². The first kappa shape index (κ1) is 22.9. The highest BCUT2D eigenvalue weighted by Gasteiger charge is 2.40. The van der Waals surface area contributed by atoms with E-state index in [2.05, 4.69) is 15.0 Å². The molecule has 10 heteroatoms. The van der Waals surface area contributed by atoms with Crippen LogP contribution in [0.3, 0.4) is 0 Å². The molecule has 0 unspecified atom stereocenters. The van der Waals surface area contributed by atoms with E-state index in [4.69, 9.17) is 10.5 Å². The molecule has 1 aliphatic rings. The molecule has 1 amide bonds. The Morgan fingerprint density at radius 2 is 1.94 bits per heavy atom. The van der Waals surface area contributed by atoms with Crippen molar-refractivity contribution in [2.24, 2.45) is 5.73 Å². The van der Waals surface area contributed by atoms with Gasteiger partial charge >= 0.3 is 0 Å². The Labute approximate surface area is 193 Å². The predicted molar refractivity (Wildman–Crippen MR) is 126 cm³/mol. The number of nitrogens with zero attached hydrogens (tertiary/aromatic N) is 6. The molecular weight excluding hydrogens is 422 g/mol. The Kier molecular flexibility index (Phi) is 6.48. The molecule has 3 aromatic rings. The van der Waals surface area contributed by atoms with Crippen LogP contribution in [0.15, 0.2) is 36.9 Å². The maximum Gasteiger partial charge on any atom is 0.243 e. The molecule has 0 radical (unpaired) electrons. The summed E-state index contributed by atoms with van der Waals surface area (Å²) in [4.78, 5) is 30.0. The van der Waals surface area contributed by atoms with Gasteiger partial charge in [-0.15, -0.1) is 0 Å². The molecule has 1 aromatic carbocycles. The Morgan fingerprint density at radius 3 is 2.58 bits per heavy atom. The highest BCUT2D eigenvalue weighted by Crippen LogP contribution is 2.36. The summed E-state index contributed by atoms with van der Waals surface area (Å²) in [5.41, 5.74) is 8.01. The third kappa shape index (κ3) is 4.23. The lowest BCUT2D eigenvalue weighted by atomic mass is 9.86. The van der Waals surface area contributed by atoms with Crippen LogP contribution in [-0.2, 0) is 4.79 Å². The predicted octanol–water partition coefficient (Wildman–Crippen LogP) is 1.74. The Morgan fingerprint density at radius 1 is 1.21 bits per heavy atom. The number of methoxy groups -OCH3 is 1. The van der Waals surface area contributed by atoms with Crippen molar-refractivity contribution in [2.45, 2.75) is 50.4 Å². The number of hydrogen-bond acceptors (Lipinski definition) is 8. The van der Waals surface area contributed by atoms with Gasteiger partial charge in [-0.1, -0.05) is 0 Å². The van der Waals surface area contributed by atoms with Crippen LogP contribution in [0.1, 0.15) is 32.2 Å². The summed E-state index contributed by atoms with van der Waals surface area (Å²) >= 11 is 0. The topological polar surface area (TPSA) is 123 Å². The SMILES string of the molecule is COc1ccc(N(C(=O)[C@H](C)N)[C@H]2CCC[C@H](n3cnc4c(N(C)C)ncnc43)[C@H]2O)cc1. The molecule has 176 valence electrons. The van der Waals surface area contributed by atoms with E-state index in [1.165, 1.54) is 6.33 Å². The zero-order valence-corrected chi connectivity index (χ0v) is 19.4. The van der Waals surface area contributed by atoms with Gasteiger partial charge in [-0.05, 0) is 50.5 Å². The summed E-state index contributed by atoms with van der Waals surface area (Å²) in [6.07, 6.45) is 4.61. The minimum absolute atomic E-state index is 0.238. The number of benzene rings is 1. The van der Waals surface area contributed by atoms with Gasteiger partial charge in [0, 0.05) is 19.8 Å². The number of anilines is 2. The quantitative estimate of drug-likeness (QED) is 0.579. The van der Waals surface area contributed by atoms with Crippen molar-refractivity contribution in [3.8, 4) is 5.75 Å². The number of rotatable bonds is 6. The van der Waals surface area contributed by atoms with Crippen molar-refractivity contribution in [3.05, 3.63) is 36.9 Å². The zero-order valence-electron chi connectivity index (χ0n) is 19.4. The highest BCUT2D eigenvalue weighted by molar-refractivity contribution is 5.97. The molecule has 4 rings (SSSR count). The second kappa shape index (κ2) is 9.32. The molecule has 3 N–H and O–H groups in total. The fraction of sp³-hybridized carbons (Fsp3) is 0.478. The summed E-state index contributed by atoms with van der Waals surface area (Å²) in [7, 11) is 5.40. The van der Waals surface area contributed by atoms with Crippen molar-refractivity contribution in [1.29, 1.82) is 0 Å². The van der Waals surface area contributed by atoms with Crippen molar-refractivity contribution in [2.75, 3.05) is 31.0 Å². The minimum atomic E-state index is -0.835. The maximum atomic E-state index is 13.2. The number of amides is 1. The third-order valence-electron chi connectivity index (χ3n) is 6.22. The number of imidazole rings is 1. The van der Waals surface area contributed by atoms with E-state index in [0.717, 1.165) is 12.8 Å². The number of aromatic nitrogens is 4. The van der Waals surface area contributed by atoms with Crippen LogP contribution in [0.25, 0.3) is 11.2 Å². The highest BCUT2D eigenvalue weighted by atomic mass is 16.5. The van der Waals surface area contributed by atoms with Crippen LogP contribution in [0.2, 0.25) is 0 Å². The van der Waals surface area contributed by atoms with E-state index in [1.54, 1.807) is 37.4 Å². The lowest BCUT2D eigenvalue weighted by Crippen LogP contribution is -2.55. The van der Waals surface area contributed by atoms with Gasteiger partial charge in [-0.2, -0.15) is 0 Å². The number of fused-ring (bicyclic) bond motifs is 1. The average molecular weight is 454 g/mol. The molecule has 1 saturated carbocycles. The van der Waals surface area contributed by atoms with E-state index in [-0.39, 0.29) is 11.9 Å². The first-order valence-electron chi connectivity index (χ1n) is 11.1. The zero-order chi connectivity index (χ0) is 23.7. The van der Waals surface area contributed by atoms with Crippen LogP contribution in [0, 0.1) is 0 Å². The van der Waals surface area contributed by atoms with Gasteiger partial charge in [-0.25, -0.2) is 15.0 Å². The Hall–Kier alpha value is -3.24. The molecule has 0 bridgehead atoms. The molecule has 2 aromatic heterocycles. The molecule has 10 nitrogen and oxygen atoms in total. The van der Waals surface area contributed by atoms with Crippen LogP contribution in [0.4, 0.5) is 11.5 Å². The fourth-order valence-electron chi connectivity index (χ4n) is 4.57. The summed E-state index contributed by atoms with van der Waals surface area (Å²) < 4.78 is 7.16. The lowest BCUT2D eigenvalue weighted by molar-refractivity contribution is -0.121. The van der Waals surface area contributed by atoms with Crippen molar-refractivity contribution >= 4 is 28.6 Å². The molecule has 0 saturated heterocycles. The number of ether oxygens (including phenoxy) is 1. The molecule has 1 aliphatic carbocycles. The number of carbonyl (C=O) groups excluding carboxylic acids is 1. The van der Waals surface area contributed by atoms with Gasteiger partial charge in [-0.3, -0.25) is 4.79 Å². The van der Waals surface area contributed by atoms with Gasteiger partial charge in [0.25, 0.3) is 0 Å². The lowest BCUT2D eigenvalue weighted by Gasteiger charge is -2.42. The van der Waals surface area contributed by atoms with Crippen LogP contribution >= 0.6 is 0 Å². The normalized spacial score (nSPS) is 21.6. The van der Waals surface area contributed by atoms with Gasteiger partial charge in [0.05, 0.1) is 37.7 Å². The Balaban J connectivity index is 1.71. The van der Waals surface area contributed by atoms with E-state index >= 15 is 0 Å². The molecule has 0 aliphatic heterocycles. The standard InChI is InChI=1S/C23H31N7O3/c1-14(24)23(32)30(15-8-10-16(33-4)11-9-15)18-7-5-6-17(20(18)31)29-13-27-19-21(28(2)3)25-12-26-22(19)29/h8-14,17-18,20,31H,5-7,24H2,1-4H3/t14-,17-,18-,20+/m0/s1. The van der Waals surface area contributed by atoms with E-state index in [0.29, 0.717) is 34.8 Å². The molecular formula is C23H31N7O3.